The van der Waals surface area contributed by atoms with Crippen LogP contribution in [0.25, 0.3) is 16.6 Å². The number of halogens is 3. The van der Waals surface area contributed by atoms with Crippen LogP contribution in [0.5, 0.6) is 0 Å². The van der Waals surface area contributed by atoms with Gasteiger partial charge >= 0.3 is 0 Å². The molecule has 0 saturated carbocycles. The minimum Gasteiger partial charge on any atom is -0.331 e. The number of H-pyrrole nitrogens is 1. The Labute approximate surface area is 131 Å². The Balaban J connectivity index is 2.43. The number of nitrogens with one attached hydrogen (secondary N) is 1. The van der Waals surface area contributed by atoms with Gasteiger partial charge in [-0.05, 0) is 58.5 Å². The van der Waals surface area contributed by atoms with Crippen molar-refractivity contribution in [1.29, 1.82) is 0 Å². The van der Waals surface area contributed by atoms with Crippen LogP contribution < -0.4 is 5.56 Å². The zero-order valence-electron chi connectivity index (χ0n) is 10.4. The summed E-state index contributed by atoms with van der Waals surface area (Å²) in [6.07, 6.45) is 0. The second-order valence-corrected chi connectivity index (χ2v) is 5.57. The SMILES string of the molecule is O=c1c2c(F)cccc2[nH]c(=S)n1-c1ccc(F)c(Br)c1. The summed E-state index contributed by atoms with van der Waals surface area (Å²) in [5, 5.41) is -0.0912. The van der Waals surface area contributed by atoms with E-state index in [9.17, 15) is 13.6 Å². The van der Waals surface area contributed by atoms with Gasteiger partial charge in [0.05, 0.1) is 21.1 Å². The first-order valence-corrected chi connectivity index (χ1v) is 7.08. The van der Waals surface area contributed by atoms with Gasteiger partial charge in [0.15, 0.2) is 4.77 Å². The molecule has 0 saturated heterocycles. The van der Waals surface area contributed by atoms with E-state index >= 15 is 0 Å². The molecule has 0 aliphatic rings. The van der Waals surface area contributed by atoms with Crippen LogP contribution >= 0.6 is 28.1 Å². The maximum Gasteiger partial charge on any atom is 0.269 e. The summed E-state index contributed by atoms with van der Waals surface area (Å²) in [4.78, 5) is 15.3. The van der Waals surface area contributed by atoms with Crippen molar-refractivity contribution in [2.24, 2.45) is 0 Å². The molecule has 3 rings (SSSR count). The van der Waals surface area contributed by atoms with Crippen LogP contribution in [-0.2, 0) is 0 Å². The van der Waals surface area contributed by atoms with Gasteiger partial charge in [-0.2, -0.15) is 0 Å². The van der Waals surface area contributed by atoms with Gasteiger partial charge in [0, 0.05) is 0 Å². The van der Waals surface area contributed by atoms with Crippen molar-refractivity contribution in [2.75, 3.05) is 0 Å². The van der Waals surface area contributed by atoms with Crippen LogP contribution in [0.15, 0.2) is 45.7 Å². The first-order chi connectivity index (χ1) is 9.99. The summed E-state index contributed by atoms with van der Waals surface area (Å²) in [5.41, 5.74) is 0.0764. The van der Waals surface area contributed by atoms with Gasteiger partial charge in [-0.3, -0.25) is 9.36 Å². The fourth-order valence-electron chi connectivity index (χ4n) is 2.08. The van der Waals surface area contributed by atoms with Crippen molar-refractivity contribution >= 4 is 39.1 Å². The Morgan fingerprint density at radius 2 is 1.90 bits per heavy atom. The highest BCUT2D eigenvalue weighted by Crippen LogP contribution is 2.20. The molecule has 106 valence electrons. The van der Waals surface area contributed by atoms with Gasteiger partial charge in [0.1, 0.15) is 11.6 Å². The number of benzene rings is 2. The van der Waals surface area contributed by atoms with Crippen LogP contribution in [0.3, 0.4) is 0 Å². The van der Waals surface area contributed by atoms with E-state index in [2.05, 4.69) is 20.9 Å². The van der Waals surface area contributed by atoms with Gasteiger partial charge in [-0.1, -0.05) is 6.07 Å². The first kappa shape index (κ1) is 14.1. The Bertz CT molecular complexity index is 981. The molecular formula is C14H7BrF2N2OS. The lowest BCUT2D eigenvalue weighted by molar-refractivity contribution is 0.620. The zero-order valence-corrected chi connectivity index (χ0v) is 12.8. The van der Waals surface area contributed by atoms with Crippen molar-refractivity contribution < 1.29 is 8.78 Å². The molecule has 1 heterocycles. The molecule has 0 amide bonds. The molecule has 0 bridgehead atoms. The summed E-state index contributed by atoms with van der Waals surface area (Å²) in [6, 6.07) is 8.27. The van der Waals surface area contributed by atoms with Crippen molar-refractivity contribution in [3.8, 4) is 5.69 Å². The largest absolute Gasteiger partial charge is 0.331 e. The van der Waals surface area contributed by atoms with Crippen LogP contribution in [0.2, 0.25) is 0 Å². The van der Waals surface area contributed by atoms with E-state index in [1.165, 1.54) is 30.3 Å². The van der Waals surface area contributed by atoms with Crippen molar-refractivity contribution in [2.45, 2.75) is 0 Å². The van der Waals surface area contributed by atoms with Crippen LogP contribution in [0.1, 0.15) is 0 Å². The Kier molecular flexibility index (Phi) is 3.46. The lowest BCUT2D eigenvalue weighted by Gasteiger charge is -2.09. The van der Waals surface area contributed by atoms with Crippen LogP contribution in [0, 0.1) is 16.4 Å². The second-order valence-electron chi connectivity index (χ2n) is 4.33. The highest BCUT2D eigenvalue weighted by Gasteiger charge is 2.12. The third-order valence-corrected chi connectivity index (χ3v) is 3.93. The van der Waals surface area contributed by atoms with Crippen LogP contribution in [-0.4, -0.2) is 9.55 Å². The minimum atomic E-state index is -0.640. The molecule has 3 aromatic rings. The van der Waals surface area contributed by atoms with Crippen molar-refractivity contribution in [3.05, 3.63) is 67.6 Å². The first-order valence-electron chi connectivity index (χ1n) is 5.88. The molecule has 0 atom stereocenters. The van der Waals surface area contributed by atoms with Crippen molar-refractivity contribution in [3.63, 3.8) is 0 Å². The molecule has 0 unspecified atom stereocenters. The lowest BCUT2D eigenvalue weighted by atomic mass is 10.2. The maximum absolute atomic E-state index is 13.9. The van der Waals surface area contributed by atoms with Gasteiger partial charge in [0.2, 0.25) is 0 Å². The third-order valence-electron chi connectivity index (χ3n) is 3.04. The quantitative estimate of drug-likeness (QED) is 0.657. The van der Waals surface area contributed by atoms with E-state index in [0.717, 1.165) is 4.57 Å². The monoisotopic (exact) mass is 368 g/mol. The van der Waals surface area contributed by atoms with Gasteiger partial charge in [-0.15, -0.1) is 0 Å². The summed E-state index contributed by atoms with van der Waals surface area (Å²) in [5.74, 6) is -1.10. The molecule has 3 nitrogen and oxygen atoms in total. The molecule has 0 spiro atoms. The number of aromatic nitrogens is 2. The van der Waals surface area contributed by atoms with Crippen molar-refractivity contribution in [1.82, 2.24) is 9.55 Å². The van der Waals surface area contributed by atoms with Crippen LogP contribution in [0.4, 0.5) is 8.78 Å². The third kappa shape index (κ3) is 2.32. The Morgan fingerprint density at radius 1 is 1.14 bits per heavy atom. The van der Waals surface area contributed by atoms with E-state index in [1.54, 1.807) is 6.07 Å². The molecule has 0 aliphatic heterocycles. The predicted molar refractivity (Wildman–Crippen MR) is 82.3 cm³/mol. The van der Waals surface area contributed by atoms with E-state index in [1.807, 2.05) is 0 Å². The van der Waals surface area contributed by atoms with E-state index < -0.39 is 17.2 Å². The number of rotatable bonds is 1. The average molecular weight is 369 g/mol. The Morgan fingerprint density at radius 3 is 2.62 bits per heavy atom. The topological polar surface area (TPSA) is 37.8 Å². The predicted octanol–water partition coefficient (Wildman–Crippen LogP) is 4.09. The minimum absolute atomic E-state index is 0.0912. The zero-order chi connectivity index (χ0) is 15.1. The van der Waals surface area contributed by atoms with Gasteiger partial charge in [-0.25, -0.2) is 8.78 Å². The number of fused-ring (bicyclic) bond motifs is 1. The standard InChI is InChI=1S/C14H7BrF2N2OS/c15-8-6-7(4-5-9(8)16)19-13(20)12-10(17)2-1-3-11(12)18-14(19)21/h1-6H,(H,18,21). The molecule has 0 radical (unpaired) electrons. The van der Waals surface area contributed by atoms with Gasteiger partial charge < -0.3 is 4.98 Å². The molecule has 1 aromatic heterocycles. The summed E-state index contributed by atoms with van der Waals surface area (Å²) < 4.78 is 28.6. The molecular weight excluding hydrogens is 362 g/mol. The number of hydrogen-bond acceptors (Lipinski definition) is 2. The molecule has 0 aliphatic carbocycles. The summed E-state index contributed by atoms with van der Waals surface area (Å²) in [6.45, 7) is 0. The molecule has 0 fully saturated rings. The number of hydrogen-bond donors (Lipinski definition) is 1. The second kappa shape index (κ2) is 5.16. The average Bonchev–Trinajstić information content (AvgIpc) is 2.42. The summed E-state index contributed by atoms with van der Waals surface area (Å²) in [7, 11) is 0. The van der Waals surface area contributed by atoms with E-state index in [4.69, 9.17) is 12.2 Å². The summed E-state index contributed by atoms with van der Waals surface area (Å²) >= 11 is 8.19. The molecule has 21 heavy (non-hydrogen) atoms. The molecule has 2 aromatic carbocycles. The fraction of sp³-hybridized carbons (Fsp3) is 0. The number of nitrogens with zero attached hydrogens (tertiary/aromatic N) is 1. The molecule has 7 heteroatoms. The van der Waals surface area contributed by atoms with Gasteiger partial charge in [0.25, 0.3) is 5.56 Å². The lowest BCUT2D eigenvalue weighted by Crippen LogP contribution is -2.21. The fourth-order valence-corrected chi connectivity index (χ4v) is 2.74. The van der Waals surface area contributed by atoms with E-state index in [0.29, 0.717) is 11.2 Å². The van der Waals surface area contributed by atoms with E-state index in [-0.39, 0.29) is 14.6 Å². The maximum atomic E-state index is 13.9. The highest BCUT2D eigenvalue weighted by molar-refractivity contribution is 9.10. The number of aromatic amines is 1. The molecule has 1 N–H and O–H groups in total. The highest BCUT2D eigenvalue weighted by atomic mass is 79.9. The Hall–Kier alpha value is -1.86. The normalized spacial score (nSPS) is 11.0. The smallest absolute Gasteiger partial charge is 0.269 e.